The first-order valence-electron chi connectivity index (χ1n) is 8.27. The molecular formula is C20H24O. The molecule has 110 valence electrons. The van der Waals surface area contributed by atoms with Gasteiger partial charge in [0.1, 0.15) is 5.75 Å². The summed E-state index contributed by atoms with van der Waals surface area (Å²) in [5.74, 6) is 3.18. The molecule has 4 rings (SSSR count). The third-order valence-corrected chi connectivity index (χ3v) is 6.66. The monoisotopic (exact) mass is 280 g/mol. The van der Waals surface area contributed by atoms with Crippen LogP contribution < -0.4 is 0 Å². The van der Waals surface area contributed by atoms with E-state index in [0.717, 1.165) is 5.92 Å². The zero-order valence-corrected chi connectivity index (χ0v) is 12.8. The lowest BCUT2D eigenvalue weighted by Crippen LogP contribution is -2.40. The van der Waals surface area contributed by atoms with Gasteiger partial charge in [-0.2, -0.15) is 0 Å². The normalized spacial score (nSPS) is 40.2. The van der Waals surface area contributed by atoms with Gasteiger partial charge in [0.15, 0.2) is 0 Å². The molecule has 0 bridgehead atoms. The number of fused-ring (bicyclic) bond motifs is 5. The average molecular weight is 280 g/mol. The summed E-state index contributed by atoms with van der Waals surface area (Å²) in [5.41, 5.74) is 3.12. The number of benzene rings is 1. The van der Waals surface area contributed by atoms with Crippen molar-refractivity contribution in [3.63, 3.8) is 0 Å². The van der Waals surface area contributed by atoms with Crippen LogP contribution in [-0.4, -0.2) is 5.11 Å². The third-order valence-electron chi connectivity index (χ3n) is 6.66. The Morgan fingerprint density at radius 1 is 1.29 bits per heavy atom. The van der Waals surface area contributed by atoms with Gasteiger partial charge in [0.2, 0.25) is 0 Å². The van der Waals surface area contributed by atoms with Crippen LogP contribution >= 0.6 is 0 Å². The Bertz CT molecular complexity index is 614. The zero-order chi connectivity index (χ0) is 14.6. The fourth-order valence-electron chi connectivity index (χ4n) is 5.51. The Morgan fingerprint density at radius 3 is 2.95 bits per heavy atom. The van der Waals surface area contributed by atoms with Crippen LogP contribution in [0.25, 0.3) is 6.08 Å². The SMILES string of the molecule is C=C[C@H]1CCC2C3C=Cc4cc(O)ccc4C3CC[C@@]21C. The van der Waals surface area contributed by atoms with Crippen molar-refractivity contribution in [1.82, 2.24) is 0 Å². The first-order chi connectivity index (χ1) is 10.1. The maximum Gasteiger partial charge on any atom is 0.116 e. The zero-order valence-electron chi connectivity index (χ0n) is 12.8. The maximum absolute atomic E-state index is 9.70. The highest BCUT2D eigenvalue weighted by Crippen LogP contribution is 2.62. The van der Waals surface area contributed by atoms with Gasteiger partial charge in [-0.3, -0.25) is 0 Å². The summed E-state index contributed by atoms with van der Waals surface area (Å²) in [6.45, 7) is 6.58. The summed E-state index contributed by atoms with van der Waals surface area (Å²) in [7, 11) is 0. The molecule has 2 saturated carbocycles. The number of phenols is 1. The van der Waals surface area contributed by atoms with Crippen LogP contribution in [0.4, 0.5) is 0 Å². The number of rotatable bonds is 1. The second-order valence-electron chi connectivity index (χ2n) is 7.43. The van der Waals surface area contributed by atoms with Gasteiger partial charge in [-0.1, -0.05) is 31.2 Å². The molecule has 21 heavy (non-hydrogen) atoms. The molecule has 1 nitrogen and oxygen atoms in total. The van der Waals surface area contributed by atoms with Gasteiger partial charge in [0.25, 0.3) is 0 Å². The van der Waals surface area contributed by atoms with Crippen LogP contribution in [0, 0.1) is 23.2 Å². The van der Waals surface area contributed by atoms with Crippen LogP contribution in [-0.2, 0) is 0 Å². The molecule has 1 aromatic rings. The van der Waals surface area contributed by atoms with E-state index in [1.807, 2.05) is 12.1 Å². The summed E-state index contributed by atoms with van der Waals surface area (Å²) < 4.78 is 0. The molecule has 1 N–H and O–H groups in total. The molecule has 0 spiro atoms. The lowest BCUT2D eigenvalue weighted by molar-refractivity contribution is 0.0713. The molecule has 1 aromatic carbocycles. The molecule has 0 heterocycles. The van der Waals surface area contributed by atoms with Gasteiger partial charge < -0.3 is 5.11 Å². The van der Waals surface area contributed by atoms with Gasteiger partial charge in [0, 0.05) is 0 Å². The van der Waals surface area contributed by atoms with Crippen molar-refractivity contribution in [3.05, 3.63) is 48.1 Å². The highest BCUT2D eigenvalue weighted by molar-refractivity contribution is 5.61. The Labute approximate surface area is 127 Å². The fraction of sp³-hybridized carbons (Fsp3) is 0.500. The predicted molar refractivity (Wildman–Crippen MR) is 87.1 cm³/mol. The van der Waals surface area contributed by atoms with Crippen molar-refractivity contribution in [3.8, 4) is 5.75 Å². The number of phenolic OH excluding ortho intramolecular Hbond substituents is 1. The summed E-state index contributed by atoms with van der Waals surface area (Å²) in [6, 6.07) is 5.91. The van der Waals surface area contributed by atoms with Crippen molar-refractivity contribution >= 4 is 6.08 Å². The minimum Gasteiger partial charge on any atom is -0.508 e. The molecule has 5 atom stereocenters. The lowest BCUT2D eigenvalue weighted by Gasteiger charge is -2.49. The Hall–Kier alpha value is -1.50. The van der Waals surface area contributed by atoms with E-state index in [0.29, 0.717) is 28.9 Å². The first-order valence-corrected chi connectivity index (χ1v) is 8.27. The molecule has 2 fully saturated rings. The van der Waals surface area contributed by atoms with Crippen LogP contribution in [0.5, 0.6) is 5.75 Å². The Balaban J connectivity index is 1.73. The Morgan fingerprint density at radius 2 is 2.14 bits per heavy atom. The summed E-state index contributed by atoms with van der Waals surface area (Å²) in [5, 5.41) is 9.70. The number of hydrogen-bond donors (Lipinski definition) is 1. The van der Waals surface area contributed by atoms with E-state index in [9.17, 15) is 5.11 Å². The molecule has 3 aliphatic carbocycles. The first kappa shape index (κ1) is 13.2. The minimum atomic E-state index is 0.380. The summed E-state index contributed by atoms with van der Waals surface area (Å²) in [4.78, 5) is 0. The Kier molecular flexibility index (Phi) is 2.82. The van der Waals surface area contributed by atoms with E-state index in [1.165, 1.54) is 36.8 Å². The van der Waals surface area contributed by atoms with Crippen LogP contribution in [0.15, 0.2) is 36.9 Å². The van der Waals surface area contributed by atoms with Crippen molar-refractivity contribution < 1.29 is 5.11 Å². The lowest BCUT2D eigenvalue weighted by atomic mass is 9.55. The van der Waals surface area contributed by atoms with E-state index in [2.05, 4.69) is 37.8 Å². The van der Waals surface area contributed by atoms with Gasteiger partial charge >= 0.3 is 0 Å². The number of aromatic hydroxyl groups is 1. The molecule has 1 heteroatoms. The number of allylic oxidation sites excluding steroid dienone is 2. The topological polar surface area (TPSA) is 20.2 Å². The van der Waals surface area contributed by atoms with Crippen molar-refractivity contribution in [2.45, 2.75) is 38.5 Å². The largest absolute Gasteiger partial charge is 0.508 e. The van der Waals surface area contributed by atoms with Crippen LogP contribution in [0.1, 0.15) is 49.7 Å². The minimum absolute atomic E-state index is 0.380. The fourth-order valence-corrected chi connectivity index (χ4v) is 5.51. The van der Waals surface area contributed by atoms with Crippen LogP contribution in [0.3, 0.4) is 0 Å². The second kappa shape index (κ2) is 4.50. The molecule has 0 aromatic heterocycles. The quantitative estimate of drug-likeness (QED) is 0.707. The molecule has 3 unspecified atom stereocenters. The predicted octanol–water partition coefficient (Wildman–Crippen LogP) is 5.13. The van der Waals surface area contributed by atoms with Gasteiger partial charge in [-0.15, -0.1) is 6.58 Å². The van der Waals surface area contributed by atoms with E-state index in [-0.39, 0.29) is 0 Å². The van der Waals surface area contributed by atoms with E-state index < -0.39 is 0 Å². The molecule has 3 aliphatic rings. The maximum atomic E-state index is 9.70. The molecule has 0 aliphatic heterocycles. The molecule has 0 amide bonds. The summed E-state index contributed by atoms with van der Waals surface area (Å²) >= 11 is 0. The second-order valence-corrected chi connectivity index (χ2v) is 7.43. The third kappa shape index (κ3) is 1.76. The van der Waals surface area contributed by atoms with Crippen LogP contribution in [0.2, 0.25) is 0 Å². The standard InChI is InChI=1S/C20H24O/c1-3-14-5-9-19-18-7-4-13-12-15(21)6-8-16(13)17(18)10-11-20(14,19)2/h3-4,6-8,12,14,17-19,21H,1,5,9-11H2,2H3/t14-,17?,18?,19?,20+/m0/s1. The van der Waals surface area contributed by atoms with E-state index >= 15 is 0 Å². The smallest absolute Gasteiger partial charge is 0.116 e. The van der Waals surface area contributed by atoms with Crippen molar-refractivity contribution in [2.75, 3.05) is 0 Å². The molecular weight excluding hydrogens is 256 g/mol. The molecule has 0 saturated heterocycles. The van der Waals surface area contributed by atoms with Crippen molar-refractivity contribution in [1.29, 1.82) is 0 Å². The molecule has 0 radical (unpaired) electrons. The highest BCUT2D eigenvalue weighted by Gasteiger charge is 2.52. The summed E-state index contributed by atoms with van der Waals surface area (Å²) in [6.07, 6.45) is 12.1. The van der Waals surface area contributed by atoms with E-state index in [1.54, 1.807) is 0 Å². The average Bonchev–Trinajstić information content (AvgIpc) is 2.83. The van der Waals surface area contributed by atoms with Crippen molar-refractivity contribution in [2.24, 2.45) is 23.2 Å². The van der Waals surface area contributed by atoms with E-state index in [4.69, 9.17) is 0 Å². The van der Waals surface area contributed by atoms with Gasteiger partial charge in [-0.25, -0.2) is 0 Å². The van der Waals surface area contributed by atoms with Gasteiger partial charge in [0.05, 0.1) is 0 Å². The van der Waals surface area contributed by atoms with Gasteiger partial charge in [-0.05, 0) is 78.0 Å². The highest BCUT2D eigenvalue weighted by atomic mass is 16.3. The number of hydrogen-bond acceptors (Lipinski definition) is 1.